The smallest absolute Gasteiger partial charge is 0.245 e. The van der Waals surface area contributed by atoms with Crippen LogP contribution in [0.15, 0.2) is 83.8 Å². The zero-order valence-electron chi connectivity index (χ0n) is 19.1. The lowest BCUT2D eigenvalue weighted by molar-refractivity contribution is -0.122. The minimum absolute atomic E-state index is 0.171. The molecule has 35 heavy (non-hydrogen) atoms. The van der Waals surface area contributed by atoms with E-state index in [-0.39, 0.29) is 12.2 Å². The van der Waals surface area contributed by atoms with Crippen molar-refractivity contribution in [1.82, 2.24) is 15.1 Å². The Hall–Kier alpha value is -4.15. The molecule has 2 heterocycles. The largest absolute Gasteiger partial charge is 0.350 e. The molecule has 0 radical (unpaired) electrons. The number of aromatic nitrogens is 2. The molecule has 7 heteroatoms. The maximum Gasteiger partial charge on any atom is 0.245 e. The molecule has 5 rings (SSSR count). The fourth-order valence-electron chi connectivity index (χ4n) is 4.18. The number of rotatable bonds is 6. The number of nitrogens with zero attached hydrogens (tertiary/aromatic N) is 3. The van der Waals surface area contributed by atoms with Gasteiger partial charge in [0.25, 0.3) is 0 Å². The van der Waals surface area contributed by atoms with Crippen molar-refractivity contribution < 1.29 is 9.59 Å². The molecule has 1 atom stereocenters. The number of carbonyl (C=O) groups excluding carboxylic acids is 2. The summed E-state index contributed by atoms with van der Waals surface area (Å²) < 4.78 is 1.76. The average molecular weight is 479 g/mol. The molecule has 1 aliphatic rings. The SMILES string of the molecule is Cc1ccc2c(c1)-c1c(c(C(=O)C(C#N)C(=O)NCc3ccccc3)nn1-c1ccccc1)CS2. The highest BCUT2D eigenvalue weighted by atomic mass is 32.2. The summed E-state index contributed by atoms with van der Waals surface area (Å²) in [6, 6.07) is 27.1. The van der Waals surface area contributed by atoms with Crippen molar-refractivity contribution in [3.05, 3.63) is 101 Å². The number of para-hydroxylation sites is 1. The van der Waals surface area contributed by atoms with Crippen LogP contribution < -0.4 is 5.32 Å². The van der Waals surface area contributed by atoms with Crippen LogP contribution >= 0.6 is 11.8 Å². The van der Waals surface area contributed by atoms with Crippen molar-refractivity contribution in [2.24, 2.45) is 5.92 Å². The summed E-state index contributed by atoms with van der Waals surface area (Å²) in [5.74, 6) is -2.15. The second-order valence-electron chi connectivity index (χ2n) is 8.34. The molecule has 6 nitrogen and oxygen atoms in total. The molecule has 1 unspecified atom stereocenters. The topological polar surface area (TPSA) is 87.8 Å². The van der Waals surface area contributed by atoms with Crippen LogP contribution in [0.1, 0.15) is 27.2 Å². The normalized spacial score (nSPS) is 12.7. The lowest BCUT2D eigenvalue weighted by Gasteiger charge is -2.19. The quantitative estimate of drug-likeness (QED) is 0.308. The van der Waals surface area contributed by atoms with Gasteiger partial charge < -0.3 is 5.32 Å². The molecule has 0 saturated carbocycles. The third-order valence-electron chi connectivity index (χ3n) is 5.94. The molecule has 3 aromatic carbocycles. The summed E-state index contributed by atoms with van der Waals surface area (Å²) in [4.78, 5) is 27.5. The van der Waals surface area contributed by atoms with Gasteiger partial charge in [-0.05, 0) is 36.8 Å². The Morgan fingerprint density at radius 1 is 1.09 bits per heavy atom. The molecule has 172 valence electrons. The van der Waals surface area contributed by atoms with E-state index in [0.29, 0.717) is 5.75 Å². The fraction of sp³-hybridized carbons (Fsp3) is 0.143. The van der Waals surface area contributed by atoms with E-state index in [2.05, 4.69) is 28.6 Å². The average Bonchev–Trinajstić information content (AvgIpc) is 3.29. The predicted octanol–water partition coefficient (Wildman–Crippen LogP) is 5.09. The minimum Gasteiger partial charge on any atom is -0.350 e. The lowest BCUT2D eigenvalue weighted by atomic mass is 9.97. The van der Waals surface area contributed by atoms with Crippen molar-refractivity contribution >= 4 is 23.5 Å². The second-order valence-corrected chi connectivity index (χ2v) is 9.36. The first-order chi connectivity index (χ1) is 17.1. The van der Waals surface area contributed by atoms with Crippen LogP contribution in [0.2, 0.25) is 0 Å². The van der Waals surface area contributed by atoms with Crippen molar-refractivity contribution in [2.45, 2.75) is 24.1 Å². The number of nitrogens with one attached hydrogen (secondary N) is 1. The van der Waals surface area contributed by atoms with E-state index in [1.165, 1.54) is 0 Å². The molecule has 1 aromatic heterocycles. The van der Waals surface area contributed by atoms with Gasteiger partial charge in [0, 0.05) is 28.3 Å². The maximum absolute atomic E-state index is 13.6. The monoisotopic (exact) mass is 478 g/mol. The lowest BCUT2D eigenvalue weighted by Crippen LogP contribution is -2.34. The summed E-state index contributed by atoms with van der Waals surface area (Å²) in [5, 5.41) is 17.2. The molecular formula is C28H22N4O2S. The van der Waals surface area contributed by atoms with E-state index < -0.39 is 17.6 Å². The van der Waals surface area contributed by atoms with Gasteiger partial charge in [0.05, 0.1) is 17.5 Å². The van der Waals surface area contributed by atoms with Gasteiger partial charge in [-0.25, -0.2) is 4.68 Å². The van der Waals surface area contributed by atoms with Crippen LogP contribution in [0.5, 0.6) is 0 Å². The van der Waals surface area contributed by atoms with Gasteiger partial charge in [-0.1, -0.05) is 60.2 Å². The fourth-order valence-corrected chi connectivity index (χ4v) is 5.23. The first-order valence-corrected chi connectivity index (χ1v) is 12.2. The van der Waals surface area contributed by atoms with Crippen LogP contribution in [0.4, 0.5) is 0 Å². The Kier molecular flexibility index (Phi) is 6.21. The van der Waals surface area contributed by atoms with Gasteiger partial charge in [-0.2, -0.15) is 10.4 Å². The van der Waals surface area contributed by atoms with E-state index in [0.717, 1.165) is 38.5 Å². The molecular weight excluding hydrogens is 456 g/mol. The number of amides is 1. The Morgan fingerprint density at radius 2 is 1.80 bits per heavy atom. The van der Waals surface area contributed by atoms with E-state index in [9.17, 15) is 14.9 Å². The molecule has 0 saturated heterocycles. The number of hydrogen-bond acceptors (Lipinski definition) is 5. The zero-order valence-corrected chi connectivity index (χ0v) is 19.9. The van der Waals surface area contributed by atoms with Crippen LogP contribution in [0, 0.1) is 24.2 Å². The molecule has 0 fully saturated rings. The molecule has 0 aliphatic carbocycles. The number of ketones is 1. The van der Waals surface area contributed by atoms with E-state index in [4.69, 9.17) is 0 Å². The number of benzene rings is 3. The number of hydrogen-bond donors (Lipinski definition) is 1. The standard InChI is InChI=1S/C28H22N4O2S/c1-18-12-13-24-21(14-18)26-23(17-35-24)25(31-32(26)20-10-6-3-7-11-20)27(33)22(15-29)28(34)30-16-19-8-4-2-5-9-19/h2-14,22H,16-17H2,1H3,(H,30,34). The number of Topliss-reactive ketones (excluding diaryl/α,β-unsaturated/α-hetero) is 1. The number of thioether (sulfide) groups is 1. The first-order valence-electron chi connectivity index (χ1n) is 11.2. The molecule has 4 aromatic rings. The summed E-state index contributed by atoms with van der Waals surface area (Å²) in [7, 11) is 0. The third-order valence-corrected chi connectivity index (χ3v) is 7.04. The highest BCUT2D eigenvalue weighted by Crippen LogP contribution is 2.44. The van der Waals surface area contributed by atoms with E-state index >= 15 is 0 Å². The maximum atomic E-state index is 13.6. The summed E-state index contributed by atoms with van der Waals surface area (Å²) in [6.45, 7) is 2.27. The van der Waals surface area contributed by atoms with Crippen molar-refractivity contribution in [1.29, 1.82) is 5.26 Å². The van der Waals surface area contributed by atoms with Crippen molar-refractivity contribution in [2.75, 3.05) is 0 Å². The number of carbonyl (C=O) groups is 2. The zero-order chi connectivity index (χ0) is 24.4. The van der Waals surface area contributed by atoms with Crippen LogP contribution in [0.25, 0.3) is 16.9 Å². The molecule has 0 bridgehead atoms. The van der Waals surface area contributed by atoms with Gasteiger partial charge in [0.1, 0.15) is 5.69 Å². The molecule has 1 N–H and O–H groups in total. The van der Waals surface area contributed by atoms with Crippen molar-refractivity contribution in [3.8, 4) is 23.0 Å². The summed E-state index contributed by atoms with van der Waals surface area (Å²) >= 11 is 1.63. The Morgan fingerprint density at radius 3 is 2.51 bits per heavy atom. The molecule has 1 aliphatic heterocycles. The summed E-state index contributed by atoms with van der Waals surface area (Å²) in [6.07, 6.45) is 0. The Labute approximate surface area is 207 Å². The minimum atomic E-state index is -1.48. The summed E-state index contributed by atoms with van der Waals surface area (Å²) in [5.41, 5.74) is 5.54. The number of nitriles is 1. The Bertz CT molecular complexity index is 1460. The third kappa shape index (κ3) is 4.36. The highest BCUT2D eigenvalue weighted by Gasteiger charge is 2.35. The predicted molar refractivity (Wildman–Crippen MR) is 135 cm³/mol. The molecule has 0 spiro atoms. The van der Waals surface area contributed by atoms with E-state index in [1.807, 2.05) is 73.7 Å². The van der Waals surface area contributed by atoms with Gasteiger partial charge in [-0.15, -0.1) is 11.8 Å². The van der Waals surface area contributed by atoms with Crippen molar-refractivity contribution in [3.63, 3.8) is 0 Å². The van der Waals surface area contributed by atoms with Gasteiger partial charge in [-0.3, -0.25) is 9.59 Å². The molecule has 1 amide bonds. The van der Waals surface area contributed by atoms with E-state index in [1.54, 1.807) is 16.4 Å². The van der Waals surface area contributed by atoms with Gasteiger partial charge in [0.15, 0.2) is 5.92 Å². The Balaban J connectivity index is 1.54. The van der Waals surface area contributed by atoms with Crippen LogP contribution in [-0.4, -0.2) is 21.5 Å². The number of fused-ring (bicyclic) bond motifs is 3. The van der Waals surface area contributed by atoms with Crippen LogP contribution in [0.3, 0.4) is 0 Å². The number of aryl methyl sites for hydroxylation is 1. The second kappa shape index (κ2) is 9.61. The van der Waals surface area contributed by atoms with Gasteiger partial charge >= 0.3 is 0 Å². The van der Waals surface area contributed by atoms with Gasteiger partial charge in [0.2, 0.25) is 11.7 Å². The highest BCUT2D eigenvalue weighted by molar-refractivity contribution is 7.98. The van der Waals surface area contributed by atoms with Crippen LogP contribution in [-0.2, 0) is 17.1 Å². The first kappa shape index (κ1) is 22.6.